The maximum absolute atomic E-state index is 6.15. The predicted octanol–water partition coefficient (Wildman–Crippen LogP) is 3.63. The minimum Gasteiger partial charge on any atom is -0.459 e. The Morgan fingerprint density at radius 2 is 1.90 bits per heavy atom. The second-order valence-corrected chi connectivity index (χ2v) is 6.43. The molecule has 0 amide bonds. The predicted molar refractivity (Wildman–Crippen MR) is 87.2 cm³/mol. The Kier molecular flexibility index (Phi) is 4.32. The van der Waals surface area contributed by atoms with Gasteiger partial charge in [-0.2, -0.15) is 0 Å². The normalized spacial score (nSPS) is 23.2. The molecule has 1 aliphatic heterocycles. The van der Waals surface area contributed by atoms with Gasteiger partial charge in [-0.3, -0.25) is 4.90 Å². The average Bonchev–Trinajstić information content (AvgIpc) is 2.97. The smallest absolute Gasteiger partial charge is 0.134 e. The van der Waals surface area contributed by atoms with E-state index in [1.807, 2.05) is 6.07 Å². The zero-order valence-electron chi connectivity index (χ0n) is 13.4. The number of furan rings is 1. The molecule has 114 valence electrons. The van der Waals surface area contributed by atoms with Crippen molar-refractivity contribution < 1.29 is 4.42 Å². The van der Waals surface area contributed by atoms with Crippen molar-refractivity contribution in [1.82, 2.24) is 10.2 Å². The van der Waals surface area contributed by atoms with Crippen LogP contribution in [-0.2, 0) is 13.1 Å². The van der Waals surface area contributed by atoms with Gasteiger partial charge in [0.2, 0.25) is 0 Å². The zero-order valence-corrected chi connectivity index (χ0v) is 13.4. The van der Waals surface area contributed by atoms with Gasteiger partial charge in [-0.05, 0) is 24.4 Å². The van der Waals surface area contributed by atoms with Crippen LogP contribution in [0.25, 0.3) is 11.0 Å². The summed E-state index contributed by atoms with van der Waals surface area (Å²) in [7, 11) is 0. The van der Waals surface area contributed by atoms with Crippen molar-refractivity contribution >= 4 is 11.0 Å². The van der Waals surface area contributed by atoms with E-state index in [2.05, 4.69) is 49.2 Å². The van der Waals surface area contributed by atoms with Crippen LogP contribution in [0.3, 0.4) is 0 Å². The molecule has 2 aromatic rings. The molecule has 0 radical (unpaired) electrons. The van der Waals surface area contributed by atoms with E-state index in [4.69, 9.17) is 4.42 Å². The molecule has 1 aliphatic rings. The van der Waals surface area contributed by atoms with Crippen LogP contribution in [0.1, 0.15) is 32.1 Å². The fourth-order valence-electron chi connectivity index (χ4n) is 3.30. The monoisotopic (exact) mass is 286 g/mol. The maximum Gasteiger partial charge on any atom is 0.134 e. The molecular formula is C18H26N2O. The molecule has 21 heavy (non-hydrogen) atoms. The van der Waals surface area contributed by atoms with Crippen molar-refractivity contribution in [3.05, 3.63) is 35.6 Å². The van der Waals surface area contributed by atoms with Crippen molar-refractivity contribution in [2.75, 3.05) is 19.6 Å². The van der Waals surface area contributed by atoms with Crippen LogP contribution in [0.4, 0.5) is 0 Å². The van der Waals surface area contributed by atoms with Crippen LogP contribution in [0.15, 0.2) is 28.7 Å². The number of hydrogen-bond acceptors (Lipinski definition) is 3. The van der Waals surface area contributed by atoms with Crippen molar-refractivity contribution in [2.24, 2.45) is 11.8 Å². The second-order valence-electron chi connectivity index (χ2n) is 6.43. The van der Waals surface area contributed by atoms with Crippen molar-refractivity contribution in [3.63, 3.8) is 0 Å². The first-order valence-electron chi connectivity index (χ1n) is 8.11. The Labute approximate surface area is 127 Å². The summed E-state index contributed by atoms with van der Waals surface area (Å²) < 4.78 is 6.15. The lowest BCUT2D eigenvalue weighted by molar-refractivity contribution is 0.287. The number of likely N-dealkylation sites (tertiary alicyclic amines) is 1. The molecule has 3 heteroatoms. The molecule has 1 saturated heterocycles. The molecule has 1 fully saturated rings. The number of benzene rings is 1. The summed E-state index contributed by atoms with van der Waals surface area (Å²) in [6, 6.07) is 8.39. The van der Waals surface area contributed by atoms with Crippen LogP contribution in [-0.4, -0.2) is 24.5 Å². The number of hydrogen-bond donors (Lipinski definition) is 1. The zero-order chi connectivity index (χ0) is 14.8. The Balaban J connectivity index is 1.86. The summed E-state index contributed by atoms with van der Waals surface area (Å²) in [5.41, 5.74) is 2.35. The number of nitrogens with one attached hydrogen (secondary N) is 1. The largest absolute Gasteiger partial charge is 0.459 e. The molecular weight excluding hydrogens is 260 g/mol. The van der Waals surface area contributed by atoms with Crippen LogP contribution in [0.5, 0.6) is 0 Å². The number of para-hydroxylation sites is 1. The van der Waals surface area contributed by atoms with E-state index in [1.54, 1.807) is 0 Å². The first-order valence-corrected chi connectivity index (χ1v) is 8.11. The molecule has 0 aliphatic carbocycles. The van der Waals surface area contributed by atoms with Gasteiger partial charge in [0.1, 0.15) is 11.3 Å². The molecule has 2 atom stereocenters. The summed E-state index contributed by atoms with van der Waals surface area (Å²) in [6.07, 6.45) is 0. The minimum absolute atomic E-state index is 0.784. The van der Waals surface area contributed by atoms with Crippen molar-refractivity contribution in [2.45, 2.75) is 33.9 Å². The van der Waals surface area contributed by atoms with Crippen LogP contribution in [0, 0.1) is 11.8 Å². The SMILES string of the molecule is CCNCc1c(CN2CC(C)C(C)C2)oc2ccccc12. The van der Waals surface area contributed by atoms with Gasteiger partial charge in [-0.25, -0.2) is 0 Å². The first kappa shape index (κ1) is 14.6. The van der Waals surface area contributed by atoms with E-state index in [1.165, 1.54) is 24.0 Å². The lowest BCUT2D eigenvalue weighted by Crippen LogP contribution is -2.21. The lowest BCUT2D eigenvalue weighted by Gasteiger charge is -2.14. The van der Waals surface area contributed by atoms with Gasteiger partial charge in [0.15, 0.2) is 0 Å². The molecule has 0 saturated carbocycles. The van der Waals surface area contributed by atoms with E-state index in [-0.39, 0.29) is 0 Å². The minimum atomic E-state index is 0.784. The fourth-order valence-corrected chi connectivity index (χ4v) is 3.30. The highest BCUT2D eigenvalue weighted by Gasteiger charge is 2.27. The Hall–Kier alpha value is -1.32. The summed E-state index contributed by atoms with van der Waals surface area (Å²) in [6.45, 7) is 12.0. The number of nitrogens with zero attached hydrogens (tertiary/aromatic N) is 1. The number of fused-ring (bicyclic) bond motifs is 1. The third kappa shape index (κ3) is 2.99. The molecule has 1 aromatic carbocycles. The van der Waals surface area contributed by atoms with Gasteiger partial charge in [0.25, 0.3) is 0 Å². The molecule has 2 heterocycles. The van der Waals surface area contributed by atoms with Gasteiger partial charge in [0, 0.05) is 30.6 Å². The van der Waals surface area contributed by atoms with Gasteiger partial charge in [-0.1, -0.05) is 39.0 Å². The fraction of sp³-hybridized carbons (Fsp3) is 0.556. The first-order chi connectivity index (χ1) is 10.2. The van der Waals surface area contributed by atoms with Crippen molar-refractivity contribution in [1.29, 1.82) is 0 Å². The molecule has 1 N–H and O–H groups in total. The highest BCUT2D eigenvalue weighted by molar-refractivity contribution is 5.82. The van der Waals surface area contributed by atoms with E-state index in [9.17, 15) is 0 Å². The summed E-state index contributed by atoms with van der Waals surface area (Å²) in [4.78, 5) is 2.53. The molecule has 2 unspecified atom stereocenters. The van der Waals surface area contributed by atoms with E-state index in [0.29, 0.717) is 0 Å². The quantitative estimate of drug-likeness (QED) is 0.910. The van der Waals surface area contributed by atoms with Crippen LogP contribution in [0.2, 0.25) is 0 Å². The molecule has 3 nitrogen and oxygen atoms in total. The Morgan fingerprint density at radius 3 is 2.62 bits per heavy atom. The molecule has 1 aromatic heterocycles. The van der Waals surface area contributed by atoms with Gasteiger partial charge < -0.3 is 9.73 Å². The van der Waals surface area contributed by atoms with Gasteiger partial charge >= 0.3 is 0 Å². The Bertz CT molecular complexity index is 594. The van der Waals surface area contributed by atoms with Gasteiger partial charge in [-0.15, -0.1) is 0 Å². The lowest BCUT2D eigenvalue weighted by atomic mass is 10.0. The summed E-state index contributed by atoms with van der Waals surface area (Å²) in [5, 5.41) is 4.71. The third-order valence-corrected chi connectivity index (χ3v) is 4.76. The average molecular weight is 286 g/mol. The number of rotatable bonds is 5. The third-order valence-electron chi connectivity index (χ3n) is 4.76. The van der Waals surface area contributed by atoms with E-state index < -0.39 is 0 Å². The maximum atomic E-state index is 6.15. The van der Waals surface area contributed by atoms with E-state index in [0.717, 1.165) is 42.8 Å². The van der Waals surface area contributed by atoms with Crippen LogP contribution >= 0.6 is 0 Å². The molecule has 0 spiro atoms. The molecule has 3 rings (SSSR count). The molecule has 0 bridgehead atoms. The second kappa shape index (κ2) is 6.20. The van der Waals surface area contributed by atoms with Crippen molar-refractivity contribution in [3.8, 4) is 0 Å². The Morgan fingerprint density at radius 1 is 1.19 bits per heavy atom. The standard InChI is InChI=1S/C18H26N2O/c1-4-19-9-16-15-7-5-6-8-17(15)21-18(16)12-20-10-13(2)14(3)11-20/h5-8,13-14,19H,4,9-12H2,1-3H3. The van der Waals surface area contributed by atoms with E-state index >= 15 is 0 Å². The topological polar surface area (TPSA) is 28.4 Å². The van der Waals surface area contributed by atoms with Crippen LogP contribution < -0.4 is 5.32 Å². The summed E-state index contributed by atoms with van der Waals surface area (Å²) in [5.74, 6) is 2.71. The highest BCUT2D eigenvalue weighted by atomic mass is 16.3. The summed E-state index contributed by atoms with van der Waals surface area (Å²) >= 11 is 0. The highest BCUT2D eigenvalue weighted by Crippen LogP contribution is 2.29. The van der Waals surface area contributed by atoms with Gasteiger partial charge in [0.05, 0.1) is 6.54 Å².